The first-order valence-electron chi connectivity index (χ1n) is 8.44. The van der Waals surface area contributed by atoms with E-state index < -0.39 is 11.9 Å². The number of nitrogens with one attached hydrogen (secondary N) is 1. The van der Waals surface area contributed by atoms with Crippen molar-refractivity contribution in [1.82, 2.24) is 5.32 Å². The smallest absolute Gasteiger partial charge is 0.331 e. The van der Waals surface area contributed by atoms with Crippen molar-refractivity contribution in [2.75, 3.05) is 6.61 Å². The van der Waals surface area contributed by atoms with Crippen LogP contribution >= 0.6 is 0 Å². The van der Waals surface area contributed by atoms with Crippen molar-refractivity contribution >= 4 is 11.9 Å². The third-order valence-corrected chi connectivity index (χ3v) is 3.71. The highest BCUT2D eigenvalue weighted by molar-refractivity contribution is 5.86. The van der Waals surface area contributed by atoms with Gasteiger partial charge in [-0.05, 0) is 63.8 Å². The first kappa shape index (κ1) is 21.3. The number of rotatable bonds is 8. The SMILES string of the molecule is CC(C)=CCC/C(C)=C/C(=O)OCC(=O)NCc1cc(O)c(O)cc1C. The summed E-state index contributed by atoms with van der Waals surface area (Å²) in [6.07, 6.45) is 5.11. The second-order valence-electron chi connectivity index (χ2n) is 6.46. The number of hydrogen-bond acceptors (Lipinski definition) is 5. The molecule has 0 fully saturated rings. The third kappa shape index (κ3) is 7.88. The van der Waals surface area contributed by atoms with Crippen molar-refractivity contribution in [3.63, 3.8) is 0 Å². The van der Waals surface area contributed by atoms with Gasteiger partial charge < -0.3 is 20.3 Å². The number of phenols is 2. The second-order valence-corrected chi connectivity index (χ2v) is 6.46. The van der Waals surface area contributed by atoms with E-state index in [2.05, 4.69) is 11.4 Å². The van der Waals surface area contributed by atoms with Crippen LogP contribution in [0.3, 0.4) is 0 Å². The van der Waals surface area contributed by atoms with Crippen LogP contribution in [0.2, 0.25) is 0 Å². The molecule has 3 N–H and O–H groups in total. The van der Waals surface area contributed by atoms with Gasteiger partial charge in [0.05, 0.1) is 0 Å². The topological polar surface area (TPSA) is 95.9 Å². The van der Waals surface area contributed by atoms with E-state index in [1.54, 1.807) is 6.92 Å². The number of hydrogen-bond donors (Lipinski definition) is 3. The lowest BCUT2D eigenvalue weighted by Crippen LogP contribution is -2.28. The van der Waals surface area contributed by atoms with E-state index in [9.17, 15) is 19.8 Å². The predicted molar refractivity (Wildman–Crippen MR) is 99.7 cm³/mol. The number of benzene rings is 1. The number of phenolic OH excluding ortho intramolecular Hbond substituents is 2. The summed E-state index contributed by atoms with van der Waals surface area (Å²) < 4.78 is 4.93. The van der Waals surface area contributed by atoms with Crippen LogP contribution < -0.4 is 5.32 Å². The Morgan fingerprint density at radius 1 is 1.15 bits per heavy atom. The van der Waals surface area contributed by atoms with Gasteiger partial charge in [-0.3, -0.25) is 4.79 Å². The van der Waals surface area contributed by atoms with Crippen molar-refractivity contribution < 1.29 is 24.5 Å². The van der Waals surface area contributed by atoms with Gasteiger partial charge in [0.1, 0.15) is 0 Å². The van der Waals surface area contributed by atoms with Crippen LogP contribution in [-0.2, 0) is 20.9 Å². The maximum absolute atomic E-state index is 11.8. The van der Waals surface area contributed by atoms with Gasteiger partial charge in [-0.25, -0.2) is 4.79 Å². The first-order chi connectivity index (χ1) is 12.2. The van der Waals surface area contributed by atoms with Crippen LogP contribution in [0.4, 0.5) is 0 Å². The average Bonchev–Trinajstić information content (AvgIpc) is 2.54. The minimum atomic E-state index is -0.548. The number of ether oxygens (including phenoxy) is 1. The van der Waals surface area contributed by atoms with E-state index in [4.69, 9.17) is 4.74 Å². The van der Waals surface area contributed by atoms with Crippen LogP contribution in [0.1, 0.15) is 44.7 Å². The van der Waals surface area contributed by atoms with Crippen molar-refractivity contribution in [1.29, 1.82) is 0 Å². The molecule has 1 rings (SSSR count). The molecule has 0 aliphatic carbocycles. The number of amides is 1. The van der Waals surface area contributed by atoms with E-state index in [0.29, 0.717) is 5.56 Å². The number of aryl methyl sites for hydroxylation is 1. The molecule has 142 valence electrons. The molecule has 1 aromatic rings. The Bertz CT molecular complexity index is 715. The second kappa shape index (κ2) is 10.3. The molecule has 1 amide bonds. The monoisotopic (exact) mass is 361 g/mol. The summed E-state index contributed by atoms with van der Waals surface area (Å²) in [7, 11) is 0. The van der Waals surface area contributed by atoms with Gasteiger partial charge >= 0.3 is 5.97 Å². The standard InChI is InChI=1S/C20H27NO5/c1-13(2)6-5-7-14(3)8-20(25)26-12-19(24)21-11-16-10-18(23)17(22)9-15(16)4/h6,8-10,22-23H,5,7,11-12H2,1-4H3,(H,21,24)/b14-8+. The van der Waals surface area contributed by atoms with Gasteiger partial charge in [0.15, 0.2) is 18.1 Å². The summed E-state index contributed by atoms with van der Waals surface area (Å²) in [6, 6.07) is 2.80. The molecular weight excluding hydrogens is 334 g/mol. The Kier molecular flexibility index (Phi) is 8.42. The lowest BCUT2D eigenvalue weighted by molar-refractivity contribution is -0.143. The van der Waals surface area contributed by atoms with Crippen molar-refractivity contribution in [3.05, 3.63) is 46.6 Å². The number of carbonyl (C=O) groups is 2. The Labute approximate surface area is 154 Å². The molecule has 0 unspecified atom stereocenters. The Hall–Kier alpha value is -2.76. The van der Waals surface area contributed by atoms with E-state index in [1.165, 1.54) is 23.8 Å². The Balaban J connectivity index is 2.41. The fraction of sp³-hybridized carbons (Fsp3) is 0.400. The highest BCUT2D eigenvalue weighted by atomic mass is 16.5. The highest BCUT2D eigenvalue weighted by Gasteiger charge is 2.09. The minimum Gasteiger partial charge on any atom is -0.504 e. The van der Waals surface area contributed by atoms with E-state index in [1.807, 2.05) is 20.8 Å². The molecule has 0 heterocycles. The molecule has 1 aromatic carbocycles. The molecule has 26 heavy (non-hydrogen) atoms. The summed E-state index contributed by atoms with van der Waals surface area (Å²) in [5, 5.41) is 21.5. The lowest BCUT2D eigenvalue weighted by Gasteiger charge is -2.10. The van der Waals surface area contributed by atoms with Crippen LogP contribution in [0.25, 0.3) is 0 Å². The number of aromatic hydroxyl groups is 2. The summed E-state index contributed by atoms with van der Waals surface area (Å²) >= 11 is 0. The van der Waals surface area contributed by atoms with Crippen molar-refractivity contribution in [2.45, 2.75) is 47.1 Å². The quantitative estimate of drug-likeness (QED) is 0.286. The number of esters is 1. The molecule has 6 nitrogen and oxygen atoms in total. The summed E-state index contributed by atoms with van der Waals surface area (Å²) in [5.74, 6) is -1.45. The molecule has 0 saturated heterocycles. The molecule has 0 saturated carbocycles. The molecular formula is C20H27NO5. The molecule has 6 heteroatoms. The summed E-state index contributed by atoms with van der Waals surface area (Å²) in [6.45, 7) is 7.43. The summed E-state index contributed by atoms with van der Waals surface area (Å²) in [4.78, 5) is 23.5. The number of allylic oxidation sites excluding steroid dienone is 3. The van der Waals surface area contributed by atoms with Gasteiger partial charge in [0, 0.05) is 12.6 Å². The molecule has 0 spiro atoms. The van der Waals surface area contributed by atoms with Gasteiger partial charge in [0.2, 0.25) is 0 Å². The fourth-order valence-corrected chi connectivity index (χ4v) is 2.20. The van der Waals surface area contributed by atoms with Gasteiger partial charge in [0.25, 0.3) is 5.91 Å². The zero-order valence-corrected chi connectivity index (χ0v) is 15.8. The van der Waals surface area contributed by atoms with Gasteiger partial charge in [-0.15, -0.1) is 0 Å². The fourth-order valence-electron chi connectivity index (χ4n) is 2.20. The first-order valence-corrected chi connectivity index (χ1v) is 8.44. The predicted octanol–water partition coefficient (Wildman–Crippen LogP) is 3.26. The molecule has 0 aliphatic heterocycles. The van der Waals surface area contributed by atoms with E-state index in [0.717, 1.165) is 24.0 Å². The molecule has 0 aliphatic rings. The van der Waals surface area contributed by atoms with Crippen molar-refractivity contribution in [2.24, 2.45) is 0 Å². The largest absolute Gasteiger partial charge is 0.504 e. The van der Waals surface area contributed by atoms with Crippen LogP contribution in [-0.4, -0.2) is 28.7 Å². The third-order valence-electron chi connectivity index (χ3n) is 3.71. The zero-order valence-electron chi connectivity index (χ0n) is 15.8. The minimum absolute atomic E-state index is 0.160. The highest BCUT2D eigenvalue weighted by Crippen LogP contribution is 2.27. The van der Waals surface area contributed by atoms with Gasteiger partial charge in [-0.1, -0.05) is 17.2 Å². The molecule has 0 radical (unpaired) electrons. The normalized spacial score (nSPS) is 11.0. The Morgan fingerprint density at radius 3 is 2.46 bits per heavy atom. The van der Waals surface area contributed by atoms with Gasteiger partial charge in [-0.2, -0.15) is 0 Å². The maximum Gasteiger partial charge on any atom is 0.331 e. The number of carbonyl (C=O) groups excluding carboxylic acids is 2. The average molecular weight is 361 g/mol. The lowest BCUT2D eigenvalue weighted by atomic mass is 10.1. The van der Waals surface area contributed by atoms with Crippen molar-refractivity contribution in [3.8, 4) is 11.5 Å². The Morgan fingerprint density at radius 2 is 1.81 bits per heavy atom. The molecule has 0 bridgehead atoms. The van der Waals surface area contributed by atoms with Crippen LogP contribution in [0, 0.1) is 6.92 Å². The van der Waals surface area contributed by atoms with Crippen LogP contribution in [0.5, 0.6) is 11.5 Å². The molecule has 0 atom stereocenters. The van der Waals surface area contributed by atoms with E-state index in [-0.39, 0.29) is 24.7 Å². The summed E-state index contributed by atoms with van der Waals surface area (Å²) in [5.41, 5.74) is 3.51. The molecule has 0 aromatic heterocycles. The van der Waals surface area contributed by atoms with Crippen LogP contribution in [0.15, 0.2) is 35.4 Å². The zero-order chi connectivity index (χ0) is 19.7. The van der Waals surface area contributed by atoms with E-state index >= 15 is 0 Å². The maximum atomic E-state index is 11.8.